The second-order valence-corrected chi connectivity index (χ2v) is 8.41. The number of halogens is 3. The SMILES string of the molecule is CC1(c2ccc([C@@H](Nc3cc(C(F)(F)F)nc4ncnn34)C(C)(C)O)cc2)CC1. The fourth-order valence-electron chi connectivity index (χ4n) is 3.43. The van der Waals surface area contributed by atoms with Gasteiger partial charge < -0.3 is 10.4 Å². The highest BCUT2D eigenvalue weighted by molar-refractivity contribution is 5.48. The average Bonchev–Trinajstić information content (AvgIpc) is 3.20. The van der Waals surface area contributed by atoms with Crippen LogP contribution >= 0.6 is 0 Å². The number of rotatable bonds is 5. The summed E-state index contributed by atoms with van der Waals surface area (Å²) in [6.45, 7) is 5.40. The molecule has 9 heteroatoms. The summed E-state index contributed by atoms with van der Waals surface area (Å²) in [4.78, 5) is 7.30. The van der Waals surface area contributed by atoms with Gasteiger partial charge in [0.1, 0.15) is 12.1 Å². The number of aliphatic hydroxyl groups is 1. The van der Waals surface area contributed by atoms with E-state index in [1.54, 1.807) is 13.8 Å². The van der Waals surface area contributed by atoms with Crippen LogP contribution in [0.3, 0.4) is 0 Å². The van der Waals surface area contributed by atoms with Gasteiger partial charge in [0.15, 0.2) is 5.69 Å². The molecule has 2 N–H and O–H groups in total. The molecule has 0 amide bonds. The van der Waals surface area contributed by atoms with Gasteiger partial charge in [-0.1, -0.05) is 31.2 Å². The van der Waals surface area contributed by atoms with Crippen LogP contribution in [0, 0.1) is 0 Å². The summed E-state index contributed by atoms with van der Waals surface area (Å²) >= 11 is 0. The summed E-state index contributed by atoms with van der Waals surface area (Å²) in [6, 6.07) is 8.03. The minimum absolute atomic E-state index is 0.0465. The van der Waals surface area contributed by atoms with Crippen LogP contribution in [0.1, 0.15) is 56.5 Å². The lowest BCUT2D eigenvalue weighted by atomic mass is 9.89. The number of nitrogens with zero attached hydrogens (tertiary/aromatic N) is 4. The fraction of sp³-hybridized carbons (Fsp3) is 0.450. The van der Waals surface area contributed by atoms with Gasteiger partial charge in [0.05, 0.1) is 11.6 Å². The second kappa shape index (κ2) is 6.41. The largest absolute Gasteiger partial charge is 0.433 e. The van der Waals surface area contributed by atoms with Gasteiger partial charge in [0, 0.05) is 6.07 Å². The van der Waals surface area contributed by atoms with E-state index in [0.29, 0.717) is 0 Å². The topological polar surface area (TPSA) is 75.3 Å². The molecule has 2 heterocycles. The molecule has 29 heavy (non-hydrogen) atoms. The van der Waals surface area contributed by atoms with E-state index >= 15 is 0 Å². The molecule has 0 saturated heterocycles. The van der Waals surface area contributed by atoms with Crippen molar-refractivity contribution in [3.05, 3.63) is 53.5 Å². The van der Waals surface area contributed by atoms with Crippen molar-refractivity contribution in [3.63, 3.8) is 0 Å². The summed E-state index contributed by atoms with van der Waals surface area (Å²) in [5.41, 5.74) is -0.163. The summed E-state index contributed by atoms with van der Waals surface area (Å²) in [5.74, 6) is -0.126. The van der Waals surface area contributed by atoms with Crippen molar-refractivity contribution in [2.75, 3.05) is 5.32 Å². The molecule has 0 spiro atoms. The molecule has 0 bridgehead atoms. The Balaban J connectivity index is 1.73. The standard InChI is InChI=1S/C20H22F3N5O/c1-18(2,29)16(12-4-6-13(7-5-12)19(3)8-9-19)27-15-10-14(20(21,22)23)26-17-24-11-25-28(15)17/h4-7,10-11,16,27,29H,8-9H2,1-3H3/t16-/m1/s1. The number of fused-ring (bicyclic) bond motifs is 1. The first-order chi connectivity index (χ1) is 13.5. The third-order valence-electron chi connectivity index (χ3n) is 5.48. The summed E-state index contributed by atoms with van der Waals surface area (Å²) in [6.07, 6.45) is -1.21. The van der Waals surface area contributed by atoms with Crippen LogP contribution in [0.4, 0.5) is 19.0 Å². The van der Waals surface area contributed by atoms with Crippen molar-refractivity contribution in [1.29, 1.82) is 0 Å². The predicted octanol–water partition coefficient (Wildman–Crippen LogP) is 4.12. The number of anilines is 1. The molecule has 1 aromatic carbocycles. The Hall–Kier alpha value is -2.68. The zero-order chi connectivity index (χ0) is 21.0. The molecule has 0 radical (unpaired) electrons. The lowest BCUT2D eigenvalue weighted by molar-refractivity contribution is -0.141. The second-order valence-electron chi connectivity index (χ2n) is 8.41. The Bertz CT molecular complexity index is 1030. The molecule has 6 nitrogen and oxygen atoms in total. The van der Waals surface area contributed by atoms with Gasteiger partial charge in [-0.2, -0.15) is 27.8 Å². The van der Waals surface area contributed by atoms with Crippen LogP contribution in [0.5, 0.6) is 0 Å². The van der Waals surface area contributed by atoms with Crippen LogP contribution in [0.25, 0.3) is 5.78 Å². The molecule has 4 rings (SSSR count). The summed E-state index contributed by atoms with van der Waals surface area (Å²) < 4.78 is 41.0. The summed E-state index contributed by atoms with van der Waals surface area (Å²) in [5, 5.41) is 17.7. The number of benzene rings is 1. The number of hydrogen-bond donors (Lipinski definition) is 2. The van der Waals surface area contributed by atoms with E-state index in [-0.39, 0.29) is 17.0 Å². The normalized spacial score (nSPS) is 17.3. The lowest BCUT2D eigenvalue weighted by Crippen LogP contribution is -2.35. The van der Waals surface area contributed by atoms with Gasteiger partial charge in [0.25, 0.3) is 5.78 Å². The first-order valence-electron chi connectivity index (χ1n) is 9.35. The number of hydrogen-bond acceptors (Lipinski definition) is 5. The highest BCUT2D eigenvalue weighted by atomic mass is 19.4. The van der Waals surface area contributed by atoms with Crippen molar-refractivity contribution in [2.45, 2.75) is 56.8 Å². The maximum atomic E-state index is 13.3. The maximum Gasteiger partial charge on any atom is 0.433 e. The summed E-state index contributed by atoms with van der Waals surface area (Å²) in [7, 11) is 0. The Morgan fingerprint density at radius 3 is 2.38 bits per heavy atom. The van der Waals surface area contributed by atoms with Crippen LogP contribution in [0.15, 0.2) is 36.7 Å². The van der Waals surface area contributed by atoms with Crippen LogP contribution in [-0.4, -0.2) is 30.3 Å². The molecule has 2 aromatic heterocycles. The lowest BCUT2D eigenvalue weighted by Gasteiger charge is -2.32. The van der Waals surface area contributed by atoms with Crippen LogP contribution in [0.2, 0.25) is 0 Å². The Morgan fingerprint density at radius 2 is 1.83 bits per heavy atom. The molecule has 3 aromatic rings. The molecule has 1 aliphatic rings. The smallest absolute Gasteiger partial charge is 0.388 e. The Kier molecular flexibility index (Phi) is 4.34. The minimum atomic E-state index is -4.63. The van der Waals surface area contributed by atoms with Crippen molar-refractivity contribution < 1.29 is 18.3 Å². The molecule has 154 valence electrons. The first-order valence-corrected chi connectivity index (χ1v) is 9.35. The zero-order valence-electron chi connectivity index (χ0n) is 16.3. The molecule has 1 atom stereocenters. The fourth-order valence-corrected chi connectivity index (χ4v) is 3.43. The van der Waals surface area contributed by atoms with E-state index in [2.05, 4.69) is 27.3 Å². The third-order valence-corrected chi connectivity index (χ3v) is 5.48. The molecule has 0 unspecified atom stereocenters. The van der Waals surface area contributed by atoms with Crippen molar-refractivity contribution in [1.82, 2.24) is 19.6 Å². The highest BCUT2D eigenvalue weighted by Crippen LogP contribution is 2.47. The third kappa shape index (κ3) is 3.78. The molecular formula is C20H22F3N5O. The van der Waals surface area contributed by atoms with E-state index in [0.717, 1.165) is 30.8 Å². The monoisotopic (exact) mass is 405 g/mol. The van der Waals surface area contributed by atoms with Crippen molar-refractivity contribution >= 4 is 11.6 Å². The van der Waals surface area contributed by atoms with Gasteiger partial charge in [-0.05, 0) is 43.2 Å². The van der Waals surface area contributed by atoms with Gasteiger partial charge in [-0.15, -0.1) is 0 Å². The molecule has 1 aliphatic carbocycles. The van der Waals surface area contributed by atoms with Crippen molar-refractivity contribution in [2.24, 2.45) is 0 Å². The molecule has 1 fully saturated rings. The molecule has 0 aliphatic heterocycles. The molecule has 1 saturated carbocycles. The van der Waals surface area contributed by atoms with E-state index < -0.39 is 23.5 Å². The predicted molar refractivity (Wildman–Crippen MR) is 101 cm³/mol. The first kappa shape index (κ1) is 19.6. The highest BCUT2D eigenvalue weighted by Gasteiger charge is 2.39. The van der Waals surface area contributed by atoms with E-state index in [9.17, 15) is 18.3 Å². The Labute approximate surface area is 165 Å². The van der Waals surface area contributed by atoms with Crippen molar-refractivity contribution in [3.8, 4) is 0 Å². The van der Waals surface area contributed by atoms with Gasteiger partial charge in [-0.3, -0.25) is 0 Å². The number of nitrogens with one attached hydrogen (secondary N) is 1. The minimum Gasteiger partial charge on any atom is -0.388 e. The van der Waals surface area contributed by atoms with E-state index in [4.69, 9.17) is 0 Å². The molecular weight excluding hydrogens is 383 g/mol. The maximum absolute atomic E-state index is 13.3. The van der Waals surface area contributed by atoms with Crippen LogP contribution < -0.4 is 5.32 Å². The average molecular weight is 405 g/mol. The number of aromatic nitrogens is 4. The Morgan fingerprint density at radius 1 is 1.17 bits per heavy atom. The van der Waals surface area contributed by atoms with E-state index in [1.807, 2.05) is 24.3 Å². The van der Waals surface area contributed by atoms with Gasteiger partial charge >= 0.3 is 6.18 Å². The van der Waals surface area contributed by atoms with Gasteiger partial charge in [0.2, 0.25) is 0 Å². The van der Waals surface area contributed by atoms with E-state index in [1.165, 1.54) is 10.1 Å². The number of alkyl halides is 3. The van der Waals surface area contributed by atoms with Crippen LogP contribution in [-0.2, 0) is 11.6 Å². The zero-order valence-corrected chi connectivity index (χ0v) is 16.3. The quantitative estimate of drug-likeness (QED) is 0.668. The van der Waals surface area contributed by atoms with Gasteiger partial charge in [-0.25, -0.2) is 4.98 Å².